The highest BCUT2D eigenvalue weighted by molar-refractivity contribution is 7.82. The lowest BCUT2D eigenvalue weighted by Crippen LogP contribution is -2.17. The molecule has 2 aromatic rings. The normalized spacial score (nSPS) is 11.9. The van der Waals surface area contributed by atoms with Crippen LogP contribution < -0.4 is 11.1 Å². The third-order valence-corrected chi connectivity index (χ3v) is 4.48. The summed E-state index contributed by atoms with van der Waals surface area (Å²) in [6.45, 7) is 0. The SMILES string of the molecule is NC(=O)c1cc(S(=O)O)sc1NC(=O)c1ccccc1F. The van der Waals surface area contributed by atoms with Crippen LogP contribution in [-0.2, 0) is 11.1 Å². The quantitative estimate of drug-likeness (QED) is 0.744. The van der Waals surface area contributed by atoms with Gasteiger partial charge in [0.15, 0.2) is 11.1 Å². The predicted octanol–water partition coefficient (Wildman–Crippen LogP) is 1.82. The number of anilines is 1. The first-order valence-electron chi connectivity index (χ1n) is 5.50. The number of nitrogens with one attached hydrogen (secondary N) is 1. The second-order valence-electron chi connectivity index (χ2n) is 3.86. The van der Waals surface area contributed by atoms with Crippen molar-refractivity contribution in [3.63, 3.8) is 0 Å². The fourth-order valence-corrected chi connectivity index (χ4v) is 3.09. The number of primary amides is 1. The Morgan fingerprint density at radius 1 is 1.29 bits per heavy atom. The summed E-state index contributed by atoms with van der Waals surface area (Å²) in [5.74, 6) is -2.38. The zero-order valence-electron chi connectivity index (χ0n) is 10.3. The van der Waals surface area contributed by atoms with Gasteiger partial charge in [0.2, 0.25) is 0 Å². The molecule has 0 fully saturated rings. The maximum absolute atomic E-state index is 13.5. The van der Waals surface area contributed by atoms with Crippen LogP contribution in [0, 0.1) is 5.82 Å². The summed E-state index contributed by atoms with van der Waals surface area (Å²) in [5, 5.41) is 2.31. The van der Waals surface area contributed by atoms with E-state index < -0.39 is 28.7 Å². The van der Waals surface area contributed by atoms with Crippen LogP contribution in [0.5, 0.6) is 0 Å². The van der Waals surface area contributed by atoms with Crippen molar-refractivity contribution >= 4 is 39.2 Å². The summed E-state index contributed by atoms with van der Waals surface area (Å²) < 4.78 is 33.4. The molecule has 0 aliphatic rings. The Hall–Kier alpha value is -2.10. The molecule has 1 aromatic heterocycles. The summed E-state index contributed by atoms with van der Waals surface area (Å²) in [4.78, 5) is 23.2. The van der Waals surface area contributed by atoms with Crippen LogP contribution in [0.3, 0.4) is 0 Å². The van der Waals surface area contributed by atoms with E-state index in [0.717, 1.165) is 23.5 Å². The second kappa shape index (κ2) is 6.12. The predicted molar refractivity (Wildman–Crippen MR) is 76.2 cm³/mol. The Labute approximate surface area is 125 Å². The molecule has 0 aliphatic heterocycles. The molecule has 9 heteroatoms. The number of hydrogen-bond donors (Lipinski definition) is 3. The average Bonchev–Trinajstić information content (AvgIpc) is 2.83. The molecule has 1 unspecified atom stereocenters. The van der Waals surface area contributed by atoms with E-state index in [2.05, 4.69) is 5.32 Å². The number of nitrogens with two attached hydrogens (primary N) is 1. The molecular formula is C12H9FN2O4S2. The van der Waals surface area contributed by atoms with Crippen molar-refractivity contribution in [1.82, 2.24) is 0 Å². The Morgan fingerprint density at radius 3 is 2.52 bits per heavy atom. The number of carbonyl (C=O) groups excluding carboxylic acids is 2. The van der Waals surface area contributed by atoms with Gasteiger partial charge in [-0.15, -0.1) is 11.3 Å². The number of amides is 2. The van der Waals surface area contributed by atoms with E-state index in [1.54, 1.807) is 0 Å². The number of halogens is 1. The lowest BCUT2D eigenvalue weighted by Gasteiger charge is -2.05. The first-order valence-corrected chi connectivity index (χ1v) is 7.43. The third kappa shape index (κ3) is 3.32. The van der Waals surface area contributed by atoms with E-state index in [9.17, 15) is 18.2 Å². The fraction of sp³-hybridized carbons (Fsp3) is 0. The second-order valence-corrected chi connectivity index (χ2v) is 6.10. The minimum atomic E-state index is -2.31. The molecule has 1 aromatic carbocycles. The van der Waals surface area contributed by atoms with E-state index in [1.165, 1.54) is 18.2 Å². The lowest BCUT2D eigenvalue weighted by molar-refractivity contribution is 0.100. The fourth-order valence-electron chi connectivity index (χ4n) is 1.55. The molecule has 2 amide bonds. The Kier molecular flexibility index (Phi) is 4.46. The van der Waals surface area contributed by atoms with Crippen LogP contribution in [0.25, 0.3) is 0 Å². The summed E-state index contributed by atoms with van der Waals surface area (Å²) in [6, 6.07) is 6.41. The maximum Gasteiger partial charge on any atom is 0.259 e. The molecule has 0 saturated heterocycles. The van der Waals surface area contributed by atoms with E-state index in [1.807, 2.05) is 0 Å². The average molecular weight is 328 g/mol. The van der Waals surface area contributed by atoms with Gasteiger partial charge in [0, 0.05) is 0 Å². The molecule has 1 atom stereocenters. The number of hydrogen-bond acceptors (Lipinski definition) is 4. The first-order chi connectivity index (χ1) is 9.90. The van der Waals surface area contributed by atoms with Crippen molar-refractivity contribution in [3.8, 4) is 0 Å². The molecule has 0 aliphatic carbocycles. The summed E-state index contributed by atoms with van der Waals surface area (Å²) in [7, 11) is 0. The summed E-state index contributed by atoms with van der Waals surface area (Å²) in [6.07, 6.45) is 0. The Bertz CT molecular complexity index is 745. The molecule has 6 nitrogen and oxygen atoms in total. The van der Waals surface area contributed by atoms with Crippen LogP contribution in [0.4, 0.5) is 9.39 Å². The molecule has 0 spiro atoms. The van der Waals surface area contributed by atoms with Gasteiger partial charge in [-0.2, -0.15) is 0 Å². The van der Waals surface area contributed by atoms with Crippen molar-refractivity contribution in [2.24, 2.45) is 5.73 Å². The van der Waals surface area contributed by atoms with Gasteiger partial charge < -0.3 is 15.6 Å². The topological polar surface area (TPSA) is 109 Å². The largest absolute Gasteiger partial charge is 0.366 e. The highest BCUT2D eigenvalue weighted by Crippen LogP contribution is 2.30. The van der Waals surface area contributed by atoms with Crippen molar-refractivity contribution in [1.29, 1.82) is 0 Å². The minimum absolute atomic E-state index is 0.00634. The third-order valence-electron chi connectivity index (χ3n) is 2.49. The number of benzene rings is 1. The molecule has 0 radical (unpaired) electrons. The van der Waals surface area contributed by atoms with E-state index in [4.69, 9.17) is 10.3 Å². The Balaban J connectivity index is 2.35. The molecule has 0 bridgehead atoms. The van der Waals surface area contributed by atoms with Gasteiger partial charge in [-0.1, -0.05) is 12.1 Å². The number of rotatable bonds is 4. The first kappa shape index (κ1) is 15.3. The van der Waals surface area contributed by atoms with Crippen molar-refractivity contribution < 1.29 is 22.7 Å². The van der Waals surface area contributed by atoms with Crippen molar-refractivity contribution in [2.45, 2.75) is 4.21 Å². The minimum Gasteiger partial charge on any atom is -0.366 e. The van der Waals surface area contributed by atoms with Crippen LogP contribution in [-0.4, -0.2) is 20.6 Å². The van der Waals surface area contributed by atoms with Gasteiger partial charge in [-0.05, 0) is 18.2 Å². The van der Waals surface area contributed by atoms with Crippen LogP contribution in [0.2, 0.25) is 0 Å². The van der Waals surface area contributed by atoms with Gasteiger partial charge in [0.05, 0.1) is 11.1 Å². The molecular weight excluding hydrogens is 319 g/mol. The van der Waals surface area contributed by atoms with Crippen molar-refractivity contribution in [2.75, 3.05) is 5.32 Å². The van der Waals surface area contributed by atoms with E-state index >= 15 is 0 Å². The van der Waals surface area contributed by atoms with Crippen LogP contribution >= 0.6 is 11.3 Å². The molecule has 110 valence electrons. The van der Waals surface area contributed by atoms with E-state index in [0.29, 0.717) is 0 Å². The number of carbonyl (C=O) groups is 2. The molecule has 21 heavy (non-hydrogen) atoms. The van der Waals surface area contributed by atoms with Gasteiger partial charge in [-0.25, -0.2) is 8.60 Å². The number of thiophene rings is 1. The zero-order chi connectivity index (χ0) is 15.6. The zero-order valence-corrected chi connectivity index (χ0v) is 12.0. The van der Waals surface area contributed by atoms with E-state index in [-0.39, 0.29) is 20.3 Å². The van der Waals surface area contributed by atoms with Crippen LogP contribution in [0.1, 0.15) is 20.7 Å². The standard InChI is InChI=1S/C12H9FN2O4S2/c13-8-4-2-1-3-6(8)11(17)15-12-7(10(14)16)5-9(20-12)21(18)19/h1-5H,(H2,14,16)(H,15,17)(H,18,19). The molecule has 0 saturated carbocycles. The van der Waals surface area contributed by atoms with Gasteiger partial charge >= 0.3 is 0 Å². The summed E-state index contributed by atoms with van der Waals surface area (Å²) >= 11 is -1.59. The highest BCUT2D eigenvalue weighted by Gasteiger charge is 2.20. The Morgan fingerprint density at radius 2 is 1.95 bits per heavy atom. The highest BCUT2D eigenvalue weighted by atomic mass is 32.2. The molecule has 2 rings (SSSR count). The van der Waals surface area contributed by atoms with Gasteiger partial charge in [-0.3, -0.25) is 9.59 Å². The molecule has 4 N–H and O–H groups in total. The molecule has 1 heterocycles. The van der Waals surface area contributed by atoms with Crippen molar-refractivity contribution in [3.05, 3.63) is 47.3 Å². The maximum atomic E-state index is 13.5. The smallest absolute Gasteiger partial charge is 0.259 e. The van der Waals surface area contributed by atoms with Gasteiger partial charge in [0.25, 0.3) is 11.8 Å². The monoisotopic (exact) mass is 328 g/mol. The van der Waals surface area contributed by atoms with Gasteiger partial charge in [0.1, 0.15) is 15.0 Å². The van der Waals surface area contributed by atoms with Crippen LogP contribution in [0.15, 0.2) is 34.5 Å². The lowest BCUT2D eigenvalue weighted by atomic mass is 10.2. The summed E-state index contributed by atoms with van der Waals surface area (Å²) in [5.41, 5.74) is 4.81.